The molecule has 10 heteroatoms. The first-order chi connectivity index (χ1) is 14.2. The molecule has 0 saturated carbocycles. The lowest BCUT2D eigenvalue weighted by molar-refractivity contribution is -0.137. The highest BCUT2D eigenvalue weighted by Gasteiger charge is 2.30. The Bertz CT molecular complexity index is 1020. The van der Waals surface area contributed by atoms with E-state index in [9.17, 15) is 17.6 Å². The molecule has 30 heavy (non-hydrogen) atoms. The van der Waals surface area contributed by atoms with Crippen LogP contribution in [0.4, 0.5) is 23.4 Å². The van der Waals surface area contributed by atoms with Gasteiger partial charge in [0.25, 0.3) is 0 Å². The van der Waals surface area contributed by atoms with E-state index in [1.807, 2.05) is 0 Å². The van der Waals surface area contributed by atoms with Crippen molar-refractivity contribution in [3.63, 3.8) is 0 Å². The Morgan fingerprint density at radius 1 is 1.03 bits per heavy atom. The van der Waals surface area contributed by atoms with Gasteiger partial charge in [0.2, 0.25) is 0 Å². The van der Waals surface area contributed by atoms with E-state index in [0.29, 0.717) is 20.3 Å². The van der Waals surface area contributed by atoms with Gasteiger partial charge < -0.3 is 4.74 Å². The summed E-state index contributed by atoms with van der Waals surface area (Å²) in [4.78, 5) is 3.68. The number of hydrazone groups is 1. The van der Waals surface area contributed by atoms with Crippen LogP contribution in [-0.2, 0) is 12.8 Å². The number of aromatic nitrogens is 1. The van der Waals surface area contributed by atoms with Crippen LogP contribution in [0.15, 0.2) is 68.8 Å². The van der Waals surface area contributed by atoms with Gasteiger partial charge in [-0.3, -0.25) is 5.43 Å². The van der Waals surface area contributed by atoms with Gasteiger partial charge in [-0.1, -0.05) is 12.1 Å². The number of anilines is 1. The van der Waals surface area contributed by atoms with E-state index in [0.717, 1.165) is 17.8 Å². The van der Waals surface area contributed by atoms with Gasteiger partial charge in [-0.05, 0) is 79.4 Å². The van der Waals surface area contributed by atoms with Crippen LogP contribution in [0.5, 0.6) is 5.75 Å². The van der Waals surface area contributed by atoms with E-state index in [-0.39, 0.29) is 18.2 Å². The number of rotatable bonds is 6. The lowest BCUT2D eigenvalue weighted by Crippen LogP contribution is -2.05. The SMILES string of the molecule is Fc1ccc(COc2c(Br)cc(/C=N\Nc3ccc(C(F)(F)F)cn3)cc2Br)cc1. The molecule has 0 saturated heterocycles. The number of nitrogens with one attached hydrogen (secondary N) is 1. The number of benzene rings is 2. The van der Waals surface area contributed by atoms with E-state index < -0.39 is 11.7 Å². The highest BCUT2D eigenvalue weighted by Crippen LogP contribution is 2.35. The van der Waals surface area contributed by atoms with Crippen molar-refractivity contribution in [3.05, 3.63) is 86.2 Å². The Kier molecular flexibility index (Phi) is 7.09. The van der Waals surface area contributed by atoms with Gasteiger partial charge in [-0.25, -0.2) is 9.37 Å². The van der Waals surface area contributed by atoms with Crippen molar-refractivity contribution in [1.82, 2.24) is 4.98 Å². The molecule has 0 spiro atoms. The Morgan fingerprint density at radius 2 is 1.70 bits per heavy atom. The predicted octanol–water partition coefficient (Wildman–Crippen LogP) is 6.79. The topological polar surface area (TPSA) is 46.5 Å². The van der Waals surface area contributed by atoms with E-state index in [2.05, 4.69) is 47.4 Å². The van der Waals surface area contributed by atoms with E-state index in [1.54, 1.807) is 24.3 Å². The first-order valence-electron chi connectivity index (χ1n) is 8.41. The summed E-state index contributed by atoms with van der Waals surface area (Å²) in [5.74, 6) is 0.426. The third-order valence-corrected chi connectivity index (χ3v) is 4.98. The Morgan fingerprint density at radius 3 is 2.27 bits per heavy atom. The Balaban J connectivity index is 1.63. The zero-order valence-corrected chi connectivity index (χ0v) is 18.2. The molecule has 1 N–H and O–H groups in total. The van der Waals surface area contributed by atoms with E-state index in [1.165, 1.54) is 24.4 Å². The van der Waals surface area contributed by atoms with Crippen LogP contribution in [0.2, 0.25) is 0 Å². The fourth-order valence-electron chi connectivity index (χ4n) is 2.33. The largest absolute Gasteiger partial charge is 0.487 e. The second-order valence-electron chi connectivity index (χ2n) is 6.03. The molecule has 0 unspecified atom stereocenters. The first kappa shape index (κ1) is 22.2. The number of nitrogens with zero attached hydrogens (tertiary/aromatic N) is 2. The molecular weight excluding hydrogens is 534 g/mol. The summed E-state index contributed by atoms with van der Waals surface area (Å²) in [6, 6.07) is 11.6. The van der Waals surface area contributed by atoms with Crippen molar-refractivity contribution in [3.8, 4) is 5.75 Å². The van der Waals surface area contributed by atoms with Crippen molar-refractivity contribution in [1.29, 1.82) is 0 Å². The smallest absolute Gasteiger partial charge is 0.417 e. The van der Waals surface area contributed by atoms with Crippen molar-refractivity contribution in [2.45, 2.75) is 12.8 Å². The lowest BCUT2D eigenvalue weighted by Gasteiger charge is -2.11. The van der Waals surface area contributed by atoms with Gasteiger partial charge in [0.1, 0.15) is 24.0 Å². The first-order valence-corrected chi connectivity index (χ1v) is 9.99. The quantitative estimate of drug-likeness (QED) is 0.210. The summed E-state index contributed by atoms with van der Waals surface area (Å²) in [5.41, 5.74) is 3.25. The molecule has 0 aliphatic heterocycles. The zero-order chi connectivity index (χ0) is 21.7. The molecule has 0 aliphatic rings. The Hall–Kier alpha value is -2.46. The van der Waals surface area contributed by atoms with Crippen LogP contribution in [0, 0.1) is 5.82 Å². The molecule has 2 aromatic carbocycles. The molecule has 0 fully saturated rings. The maximum Gasteiger partial charge on any atom is 0.417 e. The molecule has 3 aromatic rings. The van der Waals surface area contributed by atoms with Crippen LogP contribution in [0.3, 0.4) is 0 Å². The maximum atomic E-state index is 13.0. The standard InChI is InChI=1S/C20H13Br2F4N3O/c21-16-7-13(9-28-29-18-6-3-14(10-27-18)20(24,25)26)8-17(22)19(16)30-11-12-1-4-15(23)5-2-12/h1-10H,11H2,(H,27,29)/b28-9-. The van der Waals surface area contributed by atoms with E-state index in [4.69, 9.17) is 4.74 Å². The molecular formula is C20H13Br2F4N3O. The van der Waals surface area contributed by atoms with Crippen LogP contribution in [0.25, 0.3) is 0 Å². The summed E-state index contributed by atoms with van der Waals surface area (Å²) >= 11 is 6.86. The highest BCUT2D eigenvalue weighted by molar-refractivity contribution is 9.11. The maximum absolute atomic E-state index is 13.0. The van der Waals surface area contributed by atoms with Crippen LogP contribution < -0.4 is 10.2 Å². The fraction of sp³-hybridized carbons (Fsp3) is 0.100. The summed E-state index contributed by atoms with van der Waals surface area (Å²) in [6.45, 7) is 0.256. The number of alkyl halides is 3. The summed E-state index contributed by atoms with van der Waals surface area (Å²) in [6.07, 6.45) is -2.22. The minimum Gasteiger partial charge on any atom is -0.487 e. The highest BCUT2D eigenvalue weighted by atomic mass is 79.9. The third kappa shape index (κ3) is 6.02. The lowest BCUT2D eigenvalue weighted by atomic mass is 10.2. The van der Waals surface area contributed by atoms with Crippen LogP contribution in [-0.4, -0.2) is 11.2 Å². The molecule has 156 valence electrons. The zero-order valence-electron chi connectivity index (χ0n) is 15.1. The number of pyridine rings is 1. The third-order valence-electron chi connectivity index (χ3n) is 3.80. The average molecular weight is 547 g/mol. The molecule has 1 heterocycles. The number of hydrogen-bond acceptors (Lipinski definition) is 4. The van der Waals surface area contributed by atoms with Crippen LogP contribution in [0.1, 0.15) is 16.7 Å². The van der Waals surface area contributed by atoms with Gasteiger partial charge in [0.15, 0.2) is 0 Å². The molecule has 0 atom stereocenters. The minimum absolute atomic E-state index is 0.177. The summed E-state index contributed by atoms with van der Waals surface area (Å²) in [7, 11) is 0. The molecule has 0 aliphatic carbocycles. The van der Waals surface area contributed by atoms with Gasteiger partial charge in [0, 0.05) is 6.20 Å². The molecule has 3 rings (SSSR count). The number of ether oxygens (including phenoxy) is 1. The van der Waals surface area contributed by atoms with Crippen molar-refractivity contribution < 1.29 is 22.3 Å². The number of hydrogen-bond donors (Lipinski definition) is 1. The molecule has 4 nitrogen and oxygen atoms in total. The molecule has 0 amide bonds. The van der Waals surface area contributed by atoms with Gasteiger partial charge in [-0.2, -0.15) is 18.3 Å². The van der Waals surface area contributed by atoms with E-state index >= 15 is 0 Å². The normalized spacial score (nSPS) is 11.7. The van der Waals surface area contributed by atoms with Crippen LogP contribution >= 0.6 is 31.9 Å². The van der Waals surface area contributed by atoms with Gasteiger partial charge in [-0.15, -0.1) is 0 Å². The Labute approximate surface area is 186 Å². The van der Waals surface area contributed by atoms with Gasteiger partial charge >= 0.3 is 6.18 Å². The van der Waals surface area contributed by atoms with Crippen molar-refractivity contribution >= 4 is 43.9 Å². The van der Waals surface area contributed by atoms with Crippen molar-refractivity contribution in [2.75, 3.05) is 5.43 Å². The predicted molar refractivity (Wildman–Crippen MR) is 113 cm³/mol. The van der Waals surface area contributed by atoms with Crippen molar-refractivity contribution in [2.24, 2.45) is 5.10 Å². The fourth-order valence-corrected chi connectivity index (χ4v) is 3.78. The summed E-state index contributed by atoms with van der Waals surface area (Å²) in [5, 5.41) is 3.98. The average Bonchev–Trinajstić information content (AvgIpc) is 2.68. The molecule has 1 aromatic heterocycles. The number of halogens is 6. The minimum atomic E-state index is -4.44. The second kappa shape index (κ2) is 9.57. The molecule has 0 radical (unpaired) electrons. The molecule has 0 bridgehead atoms. The second-order valence-corrected chi connectivity index (χ2v) is 7.74. The monoisotopic (exact) mass is 545 g/mol. The van der Waals surface area contributed by atoms with Gasteiger partial charge in [0.05, 0.1) is 20.7 Å². The summed E-state index contributed by atoms with van der Waals surface area (Å²) < 4.78 is 57.7.